The Kier molecular flexibility index (Phi) is 4.24. The summed E-state index contributed by atoms with van der Waals surface area (Å²) in [6.45, 7) is 5.97. The number of amides is 1. The molecular weight excluding hydrogens is 309 g/mol. The number of nitrogens with zero attached hydrogens (tertiary/aromatic N) is 4. The SMILES string of the molecule is C=Cn1c2c(cc(C(=O)Nc3ncc(F)cn3)c1=NC)C(C)CC2.[HH]. The summed E-state index contributed by atoms with van der Waals surface area (Å²) in [4.78, 5) is 24.4. The maximum absolute atomic E-state index is 12.9. The molecule has 7 heteroatoms. The van der Waals surface area contributed by atoms with Crippen molar-refractivity contribution in [2.24, 2.45) is 4.99 Å². The Morgan fingerprint density at radius 1 is 1.54 bits per heavy atom. The molecule has 0 saturated heterocycles. The molecular formula is C17H20FN5O. The number of carbonyl (C=O) groups is 1. The minimum Gasteiger partial charge on any atom is -0.306 e. The highest BCUT2D eigenvalue weighted by molar-refractivity contribution is 6.03. The van der Waals surface area contributed by atoms with Crippen molar-refractivity contribution in [3.05, 3.63) is 53.2 Å². The van der Waals surface area contributed by atoms with E-state index in [0.29, 0.717) is 17.0 Å². The molecule has 1 unspecified atom stereocenters. The van der Waals surface area contributed by atoms with Crippen LogP contribution in [-0.2, 0) is 6.42 Å². The summed E-state index contributed by atoms with van der Waals surface area (Å²) in [6, 6.07) is 1.87. The van der Waals surface area contributed by atoms with E-state index in [4.69, 9.17) is 0 Å². The third-order valence-corrected chi connectivity index (χ3v) is 4.22. The predicted molar refractivity (Wildman–Crippen MR) is 91.1 cm³/mol. The first kappa shape index (κ1) is 16.0. The zero-order chi connectivity index (χ0) is 17.3. The average Bonchev–Trinajstić information content (AvgIpc) is 2.96. The number of nitrogens with one attached hydrogen (secondary N) is 1. The van der Waals surface area contributed by atoms with Crippen molar-refractivity contribution < 1.29 is 10.6 Å². The molecule has 0 aromatic carbocycles. The quantitative estimate of drug-likeness (QED) is 0.941. The van der Waals surface area contributed by atoms with E-state index < -0.39 is 5.82 Å². The highest BCUT2D eigenvalue weighted by atomic mass is 19.1. The molecule has 3 rings (SSSR count). The van der Waals surface area contributed by atoms with Crippen molar-refractivity contribution in [3.63, 3.8) is 0 Å². The number of rotatable bonds is 3. The highest BCUT2D eigenvalue weighted by Gasteiger charge is 2.25. The zero-order valence-electron chi connectivity index (χ0n) is 13.6. The molecule has 1 aliphatic carbocycles. The Balaban J connectivity index is 0.00000225. The minimum atomic E-state index is -0.562. The second kappa shape index (κ2) is 6.35. The molecule has 6 nitrogen and oxygen atoms in total. The molecule has 0 bridgehead atoms. The highest BCUT2D eigenvalue weighted by Crippen LogP contribution is 2.32. The van der Waals surface area contributed by atoms with E-state index in [1.54, 1.807) is 13.2 Å². The number of carbonyl (C=O) groups excluding carboxylic acids is 1. The summed E-state index contributed by atoms with van der Waals surface area (Å²) >= 11 is 0. The fourth-order valence-corrected chi connectivity index (χ4v) is 3.04. The molecule has 0 aliphatic heterocycles. The summed E-state index contributed by atoms with van der Waals surface area (Å²) in [5, 5.41) is 2.58. The molecule has 0 saturated carbocycles. The van der Waals surface area contributed by atoms with Crippen LogP contribution in [0, 0.1) is 5.82 Å². The molecule has 2 aromatic rings. The number of halogens is 1. The van der Waals surface area contributed by atoms with Gasteiger partial charge >= 0.3 is 0 Å². The molecule has 2 aromatic heterocycles. The molecule has 1 aliphatic rings. The molecule has 0 fully saturated rings. The summed E-state index contributed by atoms with van der Waals surface area (Å²) in [6.07, 6.45) is 5.63. The molecule has 1 N–H and O–H groups in total. The van der Waals surface area contributed by atoms with E-state index in [1.165, 1.54) is 0 Å². The Labute approximate surface area is 140 Å². The van der Waals surface area contributed by atoms with Gasteiger partial charge in [-0.05, 0) is 30.4 Å². The van der Waals surface area contributed by atoms with E-state index in [0.717, 1.165) is 36.5 Å². The normalized spacial score (nSPS) is 16.8. The van der Waals surface area contributed by atoms with E-state index in [-0.39, 0.29) is 13.3 Å². The van der Waals surface area contributed by atoms with E-state index in [1.807, 2.05) is 10.6 Å². The Hall–Kier alpha value is -2.83. The van der Waals surface area contributed by atoms with Crippen LogP contribution in [0.2, 0.25) is 0 Å². The van der Waals surface area contributed by atoms with Crippen LogP contribution >= 0.6 is 0 Å². The van der Waals surface area contributed by atoms with Gasteiger partial charge in [-0.25, -0.2) is 14.4 Å². The van der Waals surface area contributed by atoms with Gasteiger partial charge in [-0.15, -0.1) is 0 Å². The summed E-state index contributed by atoms with van der Waals surface area (Å²) in [7, 11) is 1.63. The topological polar surface area (TPSA) is 72.2 Å². The lowest BCUT2D eigenvalue weighted by molar-refractivity contribution is 0.102. The maximum Gasteiger partial charge on any atom is 0.261 e. The van der Waals surface area contributed by atoms with Crippen LogP contribution in [0.1, 0.15) is 42.3 Å². The molecule has 126 valence electrons. The molecule has 0 radical (unpaired) electrons. The summed E-state index contributed by atoms with van der Waals surface area (Å²) in [5.41, 5.74) is 3.19. The first-order valence-corrected chi connectivity index (χ1v) is 7.67. The third-order valence-electron chi connectivity index (χ3n) is 4.22. The van der Waals surface area contributed by atoms with Crippen LogP contribution in [0.15, 0.2) is 30.0 Å². The van der Waals surface area contributed by atoms with Crippen LogP contribution in [0.3, 0.4) is 0 Å². The number of aromatic nitrogens is 3. The van der Waals surface area contributed by atoms with Crippen LogP contribution < -0.4 is 10.8 Å². The Bertz CT molecular complexity index is 876. The van der Waals surface area contributed by atoms with Gasteiger partial charge in [-0.2, -0.15) is 0 Å². The first-order valence-electron chi connectivity index (χ1n) is 7.67. The Morgan fingerprint density at radius 2 is 2.25 bits per heavy atom. The largest absolute Gasteiger partial charge is 0.306 e. The van der Waals surface area contributed by atoms with Gasteiger partial charge in [0.15, 0.2) is 5.82 Å². The second-order valence-electron chi connectivity index (χ2n) is 5.68. The van der Waals surface area contributed by atoms with E-state index in [9.17, 15) is 9.18 Å². The lowest BCUT2D eigenvalue weighted by Crippen LogP contribution is -2.30. The van der Waals surface area contributed by atoms with Gasteiger partial charge < -0.3 is 4.57 Å². The number of fused-ring (bicyclic) bond motifs is 1. The molecule has 1 amide bonds. The predicted octanol–water partition coefficient (Wildman–Crippen LogP) is 2.60. The van der Waals surface area contributed by atoms with Gasteiger partial charge in [0.05, 0.1) is 18.0 Å². The van der Waals surface area contributed by atoms with Gasteiger partial charge in [0.25, 0.3) is 5.91 Å². The van der Waals surface area contributed by atoms with Gasteiger partial charge in [0.2, 0.25) is 5.95 Å². The fraction of sp³-hybridized carbons (Fsp3) is 0.294. The molecule has 1 atom stereocenters. The van der Waals surface area contributed by atoms with Gasteiger partial charge in [0, 0.05) is 20.4 Å². The maximum atomic E-state index is 12.9. The van der Waals surface area contributed by atoms with Gasteiger partial charge in [0.1, 0.15) is 5.49 Å². The van der Waals surface area contributed by atoms with Crippen molar-refractivity contribution in [1.82, 2.24) is 14.5 Å². The number of hydrogen-bond donors (Lipinski definition) is 1. The molecule has 2 heterocycles. The van der Waals surface area contributed by atoms with Gasteiger partial charge in [-0.1, -0.05) is 13.5 Å². The summed E-state index contributed by atoms with van der Waals surface area (Å²) < 4.78 is 14.8. The van der Waals surface area contributed by atoms with E-state index >= 15 is 0 Å². The lowest BCUT2D eigenvalue weighted by atomic mass is 10.0. The van der Waals surface area contributed by atoms with Crippen molar-refractivity contribution in [2.45, 2.75) is 25.7 Å². The molecule has 24 heavy (non-hydrogen) atoms. The zero-order valence-corrected chi connectivity index (χ0v) is 13.6. The monoisotopic (exact) mass is 329 g/mol. The van der Waals surface area contributed by atoms with Crippen molar-refractivity contribution in [3.8, 4) is 0 Å². The standard InChI is InChI=1S/C17H18FN5O.H2/c1-4-23-14-6-5-10(2)12(14)7-13(15(23)19-3)16(24)22-17-20-8-11(18)9-21-17;/h4,7-10H,1,5-6H2,2-3H3,(H,20,21,22,24);1H. The van der Waals surface area contributed by atoms with Crippen molar-refractivity contribution in [1.29, 1.82) is 0 Å². The molecule has 0 spiro atoms. The summed E-state index contributed by atoms with van der Waals surface area (Å²) in [5.74, 6) is -0.541. The fourth-order valence-electron chi connectivity index (χ4n) is 3.04. The number of anilines is 1. The van der Waals surface area contributed by atoms with Crippen LogP contribution in [0.5, 0.6) is 0 Å². The first-order chi connectivity index (χ1) is 11.5. The number of hydrogen-bond acceptors (Lipinski definition) is 4. The van der Waals surface area contributed by atoms with Crippen LogP contribution in [0.4, 0.5) is 10.3 Å². The van der Waals surface area contributed by atoms with Crippen molar-refractivity contribution in [2.75, 3.05) is 12.4 Å². The van der Waals surface area contributed by atoms with E-state index in [2.05, 4.69) is 33.8 Å². The second-order valence-corrected chi connectivity index (χ2v) is 5.68. The lowest BCUT2D eigenvalue weighted by Gasteiger charge is -2.14. The minimum absolute atomic E-state index is 0. The Morgan fingerprint density at radius 3 is 2.88 bits per heavy atom. The smallest absolute Gasteiger partial charge is 0.261 e. The van der Waals surface area contributed by atoms with Crippen LogP contribution in [0.25, 0.3) is 6.20 Å². The third kappa shape index (κ3) is 2.73. The van der Waals surface area contributed by atoms with Gasteiger partial charge in [-0.3, -0.25) is 15.1 Å². The number of pyridine rings is 1. The van der Waals surface area contributed by atoms with Crippen molar-refractivity contribution >= 4 is 18.1 Å². The van der Waals surface area contributed by atoms with Crippen LogP contribution in [-0.4, -0.2) is 27.5 Å². The average molecular weight is 329 g/mol.